The van der Waals surface area contributed by atoms with E-state index in [4.69, 9.17) is 10.5 Å². The highest BCUT2D eigenvalue weighted by atomic mass is 19.1. The van der Waals surface area contributed by atoms with Gasteiger partial charge in [0.25, 0.3) is 0 Å². The number of nitrogen functional groups attached to an aromatic ring is 1. The van der Waals surface area contributed by atoms with Crippen molar-refractivity contribution in [2.75, 3.05) is 24.2 Å². The van der Waals surface area contributed by atoms with Crippen LogP contribution in [0.5, 0.6) is 0 Å². The summed E-state index contributed by atoms with van der Waals surface area (Å²) in [7, 11) is 0. The van der Waals surface area contributed by atoms with Crippen molar-refractivity contribution in [1.82, 2.24) is 0 Å². The summed E-state index contributed by atoms with van der Waals surface area (Å²) < 4.78 is 18.8. The van der Waals surface area contributed by atoms with Crippen molar-refractivity contribution >= 4 is 11.4 Å². The van der Waals surface area contributed by atoms with Crippen molar-refractivity contribution in [1.29, 1.82) is 0 Å². The quantitative estimate of drug-likeness (QED) is 0.698. The van der Waals surface area contributed by atoms with E-state index in [1.54, 1.807) is 19.1 Å². The molecule has 0 radical (unpaired) electrons. The van der Waals surface area contributed by atoms with Crippen LogP contribution in [0.2, 0.25) is 0 Å². The van der Waals surface area contributed by atoms with Gasteiger partial charge in [-0.2, -0.15) is 0 Å². The molecule has 1 aromatic rings. The number of anilines is 2. The monoisotopic (exact) mass is 240 g/mol. The number of rotatable bonds is 3. The van der Waals surface area contributed by atoms with Crippen LogP contribution in [-0.2, 0) is 4.74 Å². The largest absolute Gasteiger partial charge is 0.397 e. The average Bonchev–Trinajstić information content (AvgIpc) is 2.59. The van der Waals surface area contributed by atoms with Gasteiger partial charge in [0.15, 0.2) is 0 Å². The van der Waals surface area contributed by atoms with E-state index < -0.39 is 11.4 Å². The molecule has 0 bridgehead atoms. The highest BCUT2D eigenvalue weighted by Gasteiger charge is 2.39. The molecule has 0 spiro atoms. The standard InChI is InChI=1S/C12H17FN2O2/c1-8-12(16,5-6-17-8)7-15-11-9(13)3-2-4-10(11)14/h2-4,8,15-16H,5-7,14H2,1H3. The van der Waals surface area contributed by atoms with E-state index in [0.717, 1.165) is 0 Å². The molecule has 1 aliphatic rings. The molecule has 1 aliphatic heterocycles. The van der Waals surface area contributed by atoms with E-state index in [2.05, 4.69) is 5.32 Å². The number of ether oxygens (including phenoxy) is 1. The fourth-order valence-electron chi connectivity index (χ4n) is 1.97. The first-order chi connectivity index (χ1) is 8.03. The molecule has 5 heteroatoms. The van der Waals surface area contributed by atoms with Gasteiger partial charge >= 0.3 is 0 Å². The fraction of sp³-hybridized carbons (Fsp3) is 0.500. The molecule has 1 aromatic carbocycles. The highest BCUT2D eigenvalue weighted by molar-refractivity contribution is 5.66. The number of hydrogen-bond donors (Lipinski definition) is 3. The predicted octanol–water partition coefficient (Wildman–Crippen LogP) is 1.36. The van der Waals surface area contributed by atoms with Gasteiger partial charge in [0.2, 0.25) is 0 Å². The van der Waals surface area contributed by atoms with Crippen molar-refractivity contribution < 1.29 is 14.2 Å². The molecule has 0 saturated carbocycles. The normalized spacial score (nSPS) is 28.3. The Bertz CT molecular complexity index is 393. The van der Waals surface area contributed by atoms with Gasteiger partial charge in [-0.05, 0) is 19.1 Å². The topological polar surface area (TPSA) is 67.5 Å². The molecule has 1 saturated heterocycles. The molecule has 1 heterocycles. The Morgan fingerprint density at radius 3 is 3.00 bits per heavy atom. The molecule has 0 aliphatic carbocycles. The molecule has 17 heavy (non-hydrogen) atoms. The van der Waals surface area contributed by atoms with Gasteiger partial charge in [-0.3, -0.25) is 0 Å². The van der Waals surface area contributed by atoms with Crippen LogP contribution in [0.4, 0.5) is 15.8 Å². The Labute approximate surface area is 99.6 Å². The lowest BCUT2D eigenvalue weighted by molar-refractivity contribution is -0.0176. The van der Waals surface area contributed by atoms with E-state index in [0.29, 0.717) is 18.7 Å². The van der Waals surface area contributed by atoms with Gasteiger partial charge in [0.1, 0.15) is 11.4 Å². The first-order valence-corrected chi connectivity index (χ1v) is 5.65. The van der Waals surface area contributed by atoms with Crippen LogP contribution in [0.3, 0.4) is 0 Å². The maximum Gasteiger partial charge on any atom is 0.148 e. The summed E-state index contributed by atoms with van der Waals surface area (Å²) >= 11 is 0. The highest BCUT2D eigenvalue weighted by Crippen LogP contribution is 2.28. The summed E-state index contributed by atoms with van der Waals surface area (Å²) in [5.41, 5.74) is 5.27. The van der Waals surface area contributed by atoms with E-state index in [-0.39, 0.29) is 18.3 Å². The molecular weight excluding hydrogens is 223 g/mol. The lowest BCUT2D eigenvalue weighted by Crippen LogP contribution is -2.43. The zero-order chi connectivity index (χ0) is 12.5. The van der Waals surface area contributed by atoms with Gasteiger partial charge in [0.05, 0.1) is 17.5 Å². The second kappa shape index (κ2) is 4.50. The molecule has 2 unspecified atom stereocenters. The Morgan fingerprint density at radius 2 is 2.41 bits per heavy atom. The second-order valence-electron chi connectivity index (χ2n) is 4.42. The number of nitrogens with one attached hydrogen (secondary N) is 1. The van der Waals surface area contributed by atoms with Crippen LogP contribution in [0.15, 0.2) is 18.2 Å². The summed E-state index contributed by atoms with van der Waals surface area (Å²) in [6.07, 6.45) is 0.276. The first kappa shape index (κ1) is 12.1. The molecule has 4 nitrogen and oxygen atoms in total. The maximum absolute atomic E-state index is 13.5. The SMILES string of the molecule is CC1OCCC1(O)CNc1c(N)cccc1F. The average molecular weight is 240 g/mol. The Kier molecular flexibility index (Phi) is 3.22. The number of para-hydroxylation sites is 1. The third-order valence-corrected chi connectivity index (χ3v) is 3.28. The van der Waals surface area contributed by atoms with Gasteiger partial charge in [-0.15, -0.1) is 0 Å². The predicted molar refractivity (Wildman–Crippen MR) is 64.3 cm³/mol. The number of hydrogen-bond acceptors (Lipinski definition) is 4. The summed E-state index contributed by atoms with van der Waals surface area (Å²) in [5, 5.41) is 13.1. The van der Waals surface area contributed by atoms with E-state index >= 15 is 0 Å². The number of halogens is 1. The lowest BCUT2D eigenvalue weighted by atomic mass is 9.96. The van der Waals surface area contributed by atoms with Crippen molar-refractivity contribution in [2.45, 2.75) is 25.0 Å². The second-order valence-corrected chi connectivity index (χ2v) is 4.42. The van der Waals surface area contributed by atoms with Crippen molar-refractivity contribution in [2.24, 2.45) is 0 Å². The zero-order valence-electron chi connectivity index (χ0n) is 9.74. The van der Waals surface area contributed by atoms with Crippen molar-refractivity contribution in [3.05, 3.63) is 24.0 Å². The molecule has 0 amide bonds. The molecule has 94 valence electrons. The Balaban J connectivity index is 2.07. The van der Waals surface area contributed by atoms with E-state index in [1.807, 2.05) is 0 Å². The van der Waals surface area contributed by atoms with Crippen molar-refractivity contribution in [3.63, 3.8) is 0 Å². The number of nitrogens with two attached hydrogens (primary N) is 1. The minimum Gasteiger partial charge on any atom is -0.397 e. The van der Waals surface area contributed by atoms with Gasteiger partial charge in [-0.1, -0.05) is 6.07 Å². The van der Waals surface area contributed by atoms with Crippen LogP contribution in [0, 0.1) is 5.82 Å². The molecule has 0 aromatic heterocycles. The summed E-state index contributed by atoms with van der Waals surface area (Å²) in [6, 6.07) is 4.49. The minimum atomic E-state index is -0.964. The van der Waals surface area contributed by atoms with Gasteiger partial charge < -0.3 is 20.9 Å². The summed E-state index contributed by atoms with van der Waals surface area (Å²) in [6.45, 7) is 2.55. The Hall–Kier alpha value is -1.33. The lowest BCUT2D eigenvalue weighted by Gasteiger charge is -2.27. The summed E-state index contributed by atoms with van der Waals surface area (Å²) in [5.74, 6) is -0.417. The molecule has 2 atom stereocenters. The molecule has 2 rings (SSSR count). The van der Waals surface area contributed by atoms with Gasteiger partial charge in [0, 0.05) is 19.6 Å². The van der Waals surface area contributed by atoms with E-state index in [9.17, 15) is 9.50 Å². The smallest absolute Gasteiger partial charge is 0.148 e. The minimum absolute atomic E-state index is 0.222. The molecule has 1 fully saturated rings. The number of aliphatic hydroxyl groups is 1. The zero-order valence-corrected chi connectivity index (χ0v) is 9.74. The van der Waals surface area contributed by atoms with E-state index in [1.165, 1.54) is 6.07 Å². The van der Waals surface area contributed by atoms with Crippen molar-refractivity contribution in [3.8, 4) is 0 Å². The number of benzene rings is 1. The van der Waals surface area contributed by atoms with Crippen LogP contribution in [0.1, 0.15) is 13.3 Å². The van der Waals surface area contributed by atoms with Crippen LogP contribution in [0.25, 0.3) is 0 Å². The third-order valence-electron chi connectivity index (χ3n) is 3.28. The van der Waals surface area contributed by atoms with Crippen LogP contribution >= 0.6 is 0 Å². The molecular formula is C12H17FN2O2. The first-order valence-electron chi connectivity index (χ1n) is 5.65. The third kappa shape index (κ3) is 2.35. The maximum atomic E-state index is 13.5. The Morgan fingerprint density at radius 1 is 1.65 bits per heavy atom. The van der Waals surface area contributed by atoms with Crippen LogP contribution < -0.4 is 11.1 Å². The molecule has 4 N–H and O–H groups in total. The summed E-state index contributed by atoms with van der Waals surface area (Å²) in [4.78, 5) is 0. The van der Waals surface area contributed by atoms with Crippen LogP contribution in [-0.4, -0.2) is 30.0 Å². The fourth-order valence-corrected chi connectivity index (χ4v) is 1.97. The van der Waals surface area contributed by atoms with Gasteiger partial charge in [-0.25, -0.2) is 4.39 Å².